The van der Waals surface area contributed by atoms with Gasteiger partial charge in [-0.15, -0.1) is 0 Å². The first kappa shape index (κ1) is 6.82. The van der Waals surface area contributed by atoms with E-state index >= 15 is 0 Å². The molecule has 0 atom stereocenters. The molecule has 4 nitrogen and oxygen atoms in total. The van der Waals surface area contributed by atoms with Gasteiger partial charge in [0.2, 0.25) is 5.76 Å². The lowest BCUT2D eigenvalue weighted by Gasteiger charge is -1.87. The quantitative estimate of drug-likeness (QED) is 0.579. The third-order valence-electron chi connectivity index (χ3n) is 1.19. The van der Waals surface area contributed by atoms with E-state index in [0.29, 0.717) is 11.8 Å². The van der Waals surface area contributed by atoms with Crippen LogP contribution in [0.3, 0.4) is 0 Å². The summed E-state index contributed by atoms with van der Waals surface area (Å²) in [7, 11) is 0. The highest BCUT2D eigenvalue weighted by Gasteiger charge is 2.08. The van der Waals surface area contributed by atoms with Crippen LogP contribution in [0.15, 0.2) is 10.7 Å². The van der Waals surface area contributed by atoms with Gasteiger partial charge in [0, 0.05) is 12.1 Å². The number of carbonyl (C=O) groups is 1. The van der Waals surface area contributed by atoms with E-state index in [4.69, 9.17) is 10.8 Å². The fourth-order valence-corrected chi connectivity index (χ4v) is 0.633. The Morgan fingerprint density at radius 3 is 2.80 bits per heavy atom. The summed E-state index contributed by atoms with van der Waals surface area (Å²) in [6.07, 6.45) is 1.70. The number of hydrogen-bond acceptors (Lipinski definition) is 4. The van der Waals surface area contributed by atoms with E-state index in [1.54, 1.807) is 0 Å². The lowest BCUT2D eigenvalue weighted by molar-refractivity contribution is 0.109. The Kier molecular flexibility index (Phi) is 1.73. The molecule has 1 heterocycles. The van der Waals surface area contributed by atoms with Gasteiger partial charge in [0.1, 0.15) is 0 Å². The monoisotopic (exact) mass is 141 g/mol. The average Bonchev–Trinajstić information content (AvgIpc) is 2.30. The lowest BCUT2D eigenvalue weighted by Crippen LogP contribution is -1.93. The second-order valence-electron chi connectivity index (χ2n) is 1.80. The van der Waals surface area contributed by atoms with E-state index in [2.05, 4.69) is 4.42 Å². The summed E-state index contributed by atoms with van der Waals surface area (Å²) in [6.45, 7) is 0.170. The van der Waals surface area contributed by atoms with E-state index in [1.807, 2.05) is 0 Å². The Morgan fingerprint density at radius 1 is 1.80 bits per heavy atom. The summed E-state index contributed by atoms with van der Waals surface area (Å²) >= 11 is 0. The van der Waals surface area contributed by atoms with Crippen molar-refractivity contribution in [3.8, 4) is 5.75 Å². The molecule has 0 saturated carbocycles. The van der Waals surface area contributed by atoms with Crippen molar-refractivity contribution in [2.45, 2.75) is 6.54 Å². The van der Waals surface area contributed by atoms with E-state index < -0.39 is 0 Å². The smallest absolute Gasteiger partial charge is 0.208 e. The van der Waals surface area contributed by atoms with Crippen molar-refractivity contribution >= 4 is 6.29 Å². The van der Waals surface area contributed by atoms with Gasteiger partial charge in [-0.2, -0.15) is 0 Å². The van der Waals surface area contributed by atoms with Crippen molar-refractivity contribution in [1.82, 2.24) is 0 Å². The maximum absolute atomic E-state index is 10.1. The predicted octanol–water partition coefficient (Wildman–Crippen LogP) is 0.256. The molecule has 0 aromatic carbocycles. The van der Waals surface area contributed by atoms with Crippen molar-refractivity contribution in [2.24, 2.45) is 5.73 Å². The van der Waals surface area contributed by atoms with Crippen molar-refractivity contribution in [1.29, 1.82) is 0 Å². The number of aromatic hydroxyl groups is 1. The van der Waals surface area contributed by atoms with E-state index in [1.165, 1.54) is 6.26 Å². The molecule has 10 heavy (non-hydrogen) atoms. The zero-order chi connectivity index (χ0) is 7.56. The van der Waals surface area contributed by atoms with Gasteiger partial charge < -0.3 is 15.3 Å². The molecule has 0 saturated heterocycles. The Hall–Kier alpha value is -1.29. The summed E-state index contributed by atoms with van der Waals surface area (Å²) < 4.78 is 4.64. The van der Waals surface area contributed by atoms with Gasteiger partial charge in [0.25, 0.3) is 0 Å². The molecule has 1 aromatic rings. The largest absolute Gasteiger partial charge is 0.504 e. The third-order valence-corrected chi connectivity index (χ3v) is 1.19. The van der Waals surface area contributed by atoms with Gasteiger partial charge in [0.05, 0.1) is 6.26 Å². The molecule has 54 valence electrons. The number of nitrogens with two attached hydrogens (primary N) is 1. The summed E-state index contributed by atoms with van der Waals surface area (Å²) in [6, 6.07) is 0. The van der Waals surface area contributed by atoms with Crippen LogP contribution < -0.4 is 5.73 Å². The second kappa shape index (κ2) is 2.53. The highest BCUT2D eigenvalue weighted by atomic mass is 16.4. The average molecular weight is 141 g/mol. The molecule has 0 unspecified atom stereocenters. The maximum Gasteiger partial charge on any atom is 0.208 e. The van der Waals surface area contributed by atoms with Crippen LogP contribution >= 0.6 is 0 Å². The summed E-state index contributed by atoms with van der Waals surface area (Å²) in [4.78, 5) is 10.1. The lowest BCUT2D eigenvalue weighted by atomic mass is 10.3. The van der Waals surface area contributed by atoms with Gasteiger partial charge in [-0.05, 0) is 0 Å². The zero-order valence-electron chi connectivity index (χ0n) is 5.20. The van der Waals surface area contributed by atoms with Crippen LogP contribution in [-0.2, 0) is 6.54 Å². The number of hydrogen-bond donors (Lipinski definition) is 2. The molecule has 0 spiro atoms. The van der Waals surface area contributed by atoms with Gasteiger partial charge in [0.15, 0.2) is 12.0 Å². The molecule has 1 aromatic heterocycles. The van der Waals surface area contributed by atoms with Crippen LogP contribution in [0.4, 0.5) is 0 Å². The minimum atomic E-state index is -0.155. The molecule has 0 aliphatic carbocycles. The minimum Gasteiger partial charge on any atom is -0.504 e. The molecular weight excluding hydrogens is 134 g/mol. The Labute approximate surface area is 57.3 Å². The number of rotatable bonds is 2. The fraction of sp³-hybridized carbons (Fsp3) is 0.167. The highest BCUT2D eigenvalue weighted by Crippen LogP contribution is 2.21. The highest BCUT2D eigenvalue weighted by molar-refractivity contribution is 5.75. The van der Waals surface area contributed by atoms with Crippen LogP contribution in [0.1, 0.15) is 16.1 Å². The standard InChI is InChI=1S/C6H7NO3/c7-1-4-3-10-5(2-8)6(4)9/h2-3,9H,1,7H2. The molecule has 0 aliphatic heterocycles. The fourth-order valence-electron chi connectivity index (χ4n) is 0.633. The molecule has 0 amide bonds. The first-order chi connectivity index (χ1) is 4.79. The Morgan fingerprint density at radius 2 is 2.50 bits per heavy atom. The third kappa shape index (κ3) is 0.886. The normalized spacial score (nSPS) is 9.70. The molecule has 0 radical (unpaired) electrons. The van der Waals surface area contributed by atoms with Crippen LogP contribution in [0.25, 0.3) is 0 Å². The Bertz CT molecular complexity index is 241. The van der Waals surface area contributed by atoms with Crippen molar-refractivity contribution in [3.05, 3.63) is 17.6 Å². The maximum atomic E-state index is 10.1. The first-order valence-corrected chi connectivity index (χ1v) is 2.74. The molecule has 4 heteroatoms. The molecule has 0 aliphatic rings. The van der Waals surface area contributed by atoms with E-state index in [0.717, 1.165) is 0 Å². The summed E-state index contributed by atoms with van der Waals surface area (Å²) in [5.41, 5.74) is 5.63. The Balaban J connectivity index is 3.08. The van der Waals surface area contributed by atoms with Crippen molar-refractivity contribution in [3.63, 3.8) is 0 Å². The molecule has 1 rings (SSSR count). The van der Waals surface area contributed by atoms with Gasteiger partial charge in [-0.25, -0.2) is 0 Å². The van der Waals surface area contributed by atoms with Crippen molar-refractivity contribution in [2.75, 3.05) is 0 Å². The van der Waals surface area contributed by atoms with Gasteiger partial charge >= 0.3 is 0 Å². The molecule has 3 N–H and O–H groups in total. The SMILES string of the molecule is NCc1coc(C=O)c1O. The molecule has 0 fully saturated rings. The summed E-state index contributed by atoms with van der Waals surface area (Å²) in [5, 5.41) is 9.02. The van der Waals surface area contributed by atoms with Crippen molar-refractivity contribution < 1.29 is 14.3 Å². The van der Waals surface area contributed by atoms with Crippen LogP contribution in [-0.4, -0.2) is 11.4 Å². The first-order valence-electron chi connectivity index (χ1n) is 2.74. The summed E-state index contributed by atoms with van der Waals surface area (Å²) in [5.74, 6) is -0.224. The molecular formula is C6H7NO3. The minimum absolute atomic E-state index is 0.0690. The van der Waals surface area contributed by atoms with Crippen LogP contribution in [0.2, 0.25) is 0 Å². The number of carbonyl (C=O) groups excluding carboxylic acids is 1. The zero-order valence-corrected chi connectivity index (χ0v) is 5.20. The van der Waals surface area contributed by atoms with E-state index in [-0.39, 0.29) is 18.1 Å². The predicted molar refractivity (Wildman–Crippen MR) is 33.7 cm³/mol. The number of furan rings is 1. The topological polar surface area (TPSA) is 76.5 Å². The second-order valence-corrected chi connectivity index (χ2v) is 1.80. The van der Waals surface area contributed by atoms with Gasteiger partial charge in [-0.3, -0.25) is 4.79 Å². The van der Waals surface area contributed by atoms with Crippen LogP contribution in [0.5, 0.6) is 5.75 Å². The van der Waals surface area contributed by atoms with E-state index in [9.17, 15) is 4.79 Å². The van der Waals surface area contributed by atoms with Crippen LogP contribution in [0, 0.1) is 0 Å². The van der Waals surface area contributed by atoms with Gasteiger partial charge in [-0.1, -0.05) is 0 Å². The number of aldehydes is 1. The molecule has 0 bridgehead atoms.